The van der Waals surface area contributed by atoms with Crippen molar-refractivity contribution in [2.45, 2.75) is 30.7 Å². The third kappa shape index (κ3) is 5.43. The molecule has 2 N–H and O–H groups in total. The van der Waals surface area contributed by atoms with Crippen LogP contribution in [0.4, 0.5) is 5.13 Å². The molecule has 0 saturated heterocycles. The van der Waals surface area contributed by atoms with Crippen molar-refractivity contribution < 1.29 is 4.79 Å². The number of halogens is 1. The zero-order chi connectivity index (χ0) is 24.2. The number of hydrogen-bond donors (Lipinski definition) is 2. The first kappa shape index (κ1) is 24.0. The number of imidazole rings is 1. The van der Waals surface area contributed by atoms with Crippen LogP contribution in [0.25, 0.3) is 10.2 Å². The number of fused-ring (bicyclic) bond motifs is 1. The number of nitrogens with zero attached hydrogens (tertiary/aromatic N) is 4. The number of hydrogen-bond acceptors (Lipinski definition) is 7. The van der Waals surface area contributed by atoms with Crippen molar-refractivity contribution in [3.8, 4) is 0 Å². The Morgan fingerprint density at radius 3 is 2.80 bits per heavy atom. The van der Waals surface area contributed by atoms with E-state index in [4.69, 9.17) is 16.7 Å². The maximum Gasteiger partial charge on any atom is 0.259 e. The SMILES string of the molecule is CC[C@H](NCCc1cnc[nH]1)[C@H]1C(=O)N(c2nc3ccccc3s2)N=C1CSc1ccc(Cl)cc1. The van der Waals surface area contributed by atoms with E-state index in [0.29, 0.717) is 15.9 Å². The highest BCUT2D eigenvalue weighted by molar-refractivity contribution is 8.00. The second-order valence-electron chi connectivity index (χ2n) is 8.22. The fourth-order valence-electron chi connectivity index (χ4n) is 4.12. The maximum absolute atomic E-state index is 13.7. The molecule has 0 saturated carbocycles. The highest BCUT2D eigenvalue weighted by atomic mass is 35.5. The van der Waals surface area contributed by atoms with Gasteiger partial charge in [-0.1, -0.05) is 42.0 Å². The van der Waals surface area contributed by atoms with Gasteiger partial charge in [0.25, 0.3) is 5.91 Å². The fourth-order valence-corrected chi connectivity index (χ4v) is 6.05. The first-order chi connectivity index (χ1) is 17.1. The van der Waals surface area contributed by atoms with E-state index >= 15 is 0 Å². The lowest BCUT2D eigenvalue weighted by molar-refractivity contribution is -0.120. The number of H-pyrrole nitrogens is 1. The van der Waals surface area contributed by atoms with Gasteiger partial charge in [0.15, 0.2) is 0 Å². The van der Waals surface area contributed by atoms with Crippen LogP contribution in [-0.2, 0) is 11.2 Å². The molecule has 0 fully saturated rings. The van der Waals surface area contributed by atoms with E-state index in [-0.39, 0.29) is 17.9 Å². The van der Waals surface area contributed by atoms with Crippen LogP contribution in [0.5, 0.6) is 0 Å². The van der Waals surface area contributed by atoms with Gasteiger partial charge < -0.3 is 10.3 Å². The van der Waals surface area contributed by atoms with E-state index in [9.17, 15) is 4.79 Å². The lowest BCUT2D eigenvalue weighted by Gasteiger charge is -2.23. The van der Waals surface area contributed by atoms with Gasteiger partial charge in [-0.15, -0.1) is 11.8 Å². The number of carbonyl (C=O) groups is 1. The number of anilines is 1. The summed E-state index contributed by atoms with van der Waals surface area (Å²) in [6.07, 6.45) is 5.12. The predicted octanol–water partition coefficient (Wildman–Crippen LogP) is 5.39. The summed E-state index contributed by atoms with van der Waals surface area (Å²) in [6, 6.07) is 15.6. The minimum absolute atomic E-state index is 0.0309. The second-order valence-corrected chi connectivity index (χ2v) is 10.7. The molecular formula is C25H25ClN6OS2. The standard InChI is InChI=1S/C25H25ClN6OS2/c1-2-19(28-12-11-17-13-27-15-29-17)23-21(14-34-18-9-7-16(26)8-10-18)31-32(24(23)33)25-30-20-5-3-4-6-22(20)35-25/h3-10,13,15,19,23,28H,2,11-12,14H2,1H3,(H,27,29)/t19-,23+/m0/s1. The molecule has 0 spiro atoms. The maximum atomic E-state index is 13.7. The minimum Gasteiger partial charge on any atom is -0.348 e. The number of aromatic nitrogens is 3. The number of amides is 1. The van der Waals surface area contributed by atoms with Crippen molar-refractivity contribution in [2.75, 3.05) is 17.3 Å². The summed E-state index contributed by atoms with van der Waals surface area (Å²) in [5, 5.41) is 11.2. The molecule has 180 valence electrons. The second kappa shape index (κ2) is 10.9. The summed E-state index contributed by atoms with van der Waals surface area (Å²) in [5.41, 5.74) is 2.80. The van der Waals surface area contributed by atoms with Crippen LogP contribution >= 0.6 is 34.7 Å². The first-order valence-corrected chi connectivity index (χ1v) is 13.7. The zero-order valence-electron chi connectivity index (χ0n) is 19.1. The number of thiazole rings is 1. The van der Waals surface area contributed by atoms with E-state index in [0.717, 1.165) is 45.9 Å². The van der Waals surface area contributed by atoms with Crippen molar-refractivity contribution in [3.63, 3.8) is 0 Å². The number of aromatic amines is 1. The Bertz CT molecular complexity index is 1290. The van der Waals surface area contributed by atoms with E-state index in [2.05, 4.69) is 27.2 Å². The van der Waals surface area contributed by atoms with Crippen molar-refractivity contribution in [1.82, 2.24) is 20.3 Å². The molecule has 10 heteroatoms. The smallest absolute Gasteiger partial charge is 0.259 e. The number of nitrogens with one attached hydrogen (secondary N) is 2. The van der Waals surface area contributed by atoms with Gasteiger partial charge in [-0.2, -0.15) is 10.1 Å². The fraction of sp³-hybridized carbons (Fsp3) is 0.280. The molecule has 35 heavy (non-hydrogen) atoms. The zero-order valence-corrected chi connectivity index (χ0v) is 21.5. The third-order valence-corrected chi connectivity index (χ3v) is 8.23. The molecule has 4 aromatic rings. The molecule has 0 radical (unpaired) electrons. The average molecular weight is 525 g/mol. The quantitative estimate of drug-likeness (QED) is 0.271. The van der Waals surface area contributed by atoms with Crippen molar-refractivity contribution in [2.24, 2.45) is 11.0 Å². The topological polar surface area (TPSA) is 86.3 Å². The van der Waals surface area contributed by atoms with Gasteiger partial charge in [0.1, 0.15) is 0 Å². The number of para-hydroxylation sites is 1. The number of benzene rings is 2. The molecule has 1 aliphatic heterocycles. The first-order valence-electron chi connectivity index (χ1n) is 11.5. The van der Waals surface area contributed by atoms with Gasteiger partial charge in [0.2, 0.25) is 5.13 Å². The molecule has 1 aliphatic rings. The number of hydrazone groups is 1. The Balaban J connectivity index is 1.38. The summed E-state index contributed by atoms with van der Waals surface area (Å²) in [6.45, 7) is 2.84. The number of carbonyl (C=O) groups excluding carboxylic acids is 1. The van der Waals surface area contributed by atoms with Crippen molar-refractivity contribution in [1.29, 1.82) is 0 Å². The normalized spacial score (nSPS) is 16.7. The third-order valence-electron chi connectivity index (χ3n) is 5.92. The summed E-state index contributed by atoms with van der Waals surface area (Å²) in [4.78, 5) is 26.7. The Kier molecular flexibility index (Phi) is 7.48. The lowest BCUT2D eigenvalue weighted by Crippen LogP contribution is -2.45. The van der Waals surface area contributed by atoms with E-state index in [1.807, 2.05) is 54.7 Å². The van der Waals surface area contributed by atoms with E-state index in [1.54, 1.807) is 18.1 Å². The van der Waals surface area contributed by atoms with Crippen molar-refractivity contribution >= 4 is 61.7 Å². The molecular weight excluding hydrogens is 500 g/mol. The molecule has 0 bridgehead atoms. The minimum atomic E-state index is -0.353. The monoisotopic (exact) mass is 524 g/mol. The molecule has 1 amide bonds. The molecule has 5 rings (SSSR count). The lowest BCUT2D eigenvalue weighted by atomic mass is 9.93. The molecule has 2 aromatic carbocycles. The van der Waals surface area contributed by atoms with Crippen LogP contribution in [0.3, 0.4) is 0 Å². The van der Waals surface area contributed by atoms with Crippen LogP contribution in [0.1, 0.15) is 19.0 Å². The summed E-state index contributed by atoms with van der Waals surface area (Å²) < 4.78 is 1.04. The Hall–Kier alpha value is -2.72. The van der Waals surface area contributed by atoms with Gasteiger partial charge in [0.05, 0.1) is 28.2 Å². The van der Waals surface area contributed by atoms with E-state index in [1.165, 1.54) is 16.3 Å². The summed E-state index contributed by atoms with van der Waals surface area (Å²) in [5.74, 6) is 0.225. The molecule has 2 aromatic heterocycles. The Morgan fingerprint density at radius 2 is 2.06 bits per heavy atom. The van der Waals surface area contributed by atoms with Gasteiger partial charge in [-0.25, -0.2) is 9.97 Å². The number of rotatable bonds is 10. The molecule has 2 atom stereocenters. The summed E-state index contributed by atoms with van der Waals surface area (Å²) >= 11 is 9.19. The summed E-state index contributed by atoms with van der Waals surface area (Å²) in [7, 11) is 0. The van der Waals surface area contributed by atoms with Gasteiger partial charge in [-0.05, 0) is 42.8 Å². The van der Waals surface area contributed by atoms with Crippen LogP contribution in [0.2, 0.25) is 5.02 Å². The van der Waals surface area contributed by atoms with Crippen molar-refractivity contribution in [3.05, 3.63) is 71.8 Å². The Labute approximate surface area is 217 Å². The highest BCUT2D eigenvalue weighted by Crippen LogP contribution is 2.34. The predicted molar refractivity (Wildman–Crippen MR) is 145 cm³/mol. The van der Waals surface area contributed by atoms with Crippen LogP contribution in [0, 0.1) is 5.92 Å². The van der Waals surface area contributed by atoms with Crippen LogP contribution in [0.15, 0.2) is 71.1 Å². The molecule has 3 heterocycles. The molecule has 7 nitrogen and oxygen atoms in total. The molecule has 0 unspecified atom stereocenters. The van der Waals surface area contributed by atoms with Crippen LogP contribution < -0.4 is 10.3 Å². The van der Waals surface area contributed by atoms with Gasteiger partial charge >= 0.3 is 0 Å². The van der Waals surface area contributed by atoms with Gasteiger partial charge in [-0.3, -0.25) is 4.79 Å². The number of thioether (sulfide) groups is 1. The molecule has 0 aliphatic carbocycles. The average Bonchev–Trinajstić information content (AvgIpc) is 3.61. The van der Waals surface area contributed by atoms with Crippen LogP contribution in [-0.4, -0.2) is 44.9 Å². The van der Waals surface area contributed by atoms with E-state index < -0.39 is 0 Å². The largest absolute Gasteiger partial charge is 0.348 e. The van der Waals surface area contributed by atoms with Gasteiger partial charge in [0, 0.05) is 46.6 Å². The highest BCUT2D eigenvalue weighted by Gasteiger charge is 2.42. The Morgan fingerprint density at radius 1 is 1.23 bits per heavy atom.